The van der Waals surface area contributed by atoms with Crippen molar-refractivity contribution in [1.29, 1.82) is 0 Å². The van der Waals surface area contributed by atoms with Gasteiger partial charge < -0.3 is 0 Å². The Balaban J connectivity index is 2.44. The van der Waals surface area contributed by atoms with Crippen LogP contribution in [-0.2, 0) is 0 Å². The molecule has 0 saturated carbocycles. The fraction of sp³-hybridized carbons (Fsp3) is 0.200. The van der Waals surface area contributed by atoms with Crippen LogP contribution >= 0.6 is 23.2 Å². The average molecular weight is 283 g/mol. The fourth-order valence-corrected chi connectivity index (χ4v) is 2.48. The van der Waals surface area contributed by atoms with Gasteiger partial charge >= 0.3 is 0 Å². The van der Waals surface area contributed by atoms with Crippen molar-refractivity contribution in [1.82, 2.24) is 0 Å². The van der Waals surface area contributed by atoms with Gasteiger partial charge in [-0.3, -0.25) is 0 Å². The maximum Gasteiger partial charge on any atom is 0.126 e. The minimum Gasteiger partial charge on any atom is -0.207 e. The second-order valence-electron chi connectivity index (χ2n) is 4.35. The summed E-state index contributed by atoms with van der Waals surface area (Å²) in [5, 5.41) is 0.302. The second-order valence-corrected chi connectivity index (χ2v) is 5.16. The van der Waals surface area contributed by atoms with Crippen molar-refractivity contribution in [2.75, 3.05) is 0 Å². The minimum absolute atomic E-state index is 0.224. The van der Waals surface area contributed by atoms with Crippen molar-refractivity contribution in [3.05, 3.63) is 69.5 Å². The molecule has 0 aliphatic carbocycles. The number of alkyl halides is 1. The fourth-order valence-electron chi connectivity index (χ4n) is 1.87. The summed E-state index contributed by atoms with van der Waals surface area (Å²) in [6.45, 7) is 3.66. The summed E-state index contributed by atoms with van der Waals surface area (Å²) in [6, 6.07) is 10.6. The van der Waals surface area contributed by atoms with E-state index in [0.717, 1.165) is 16.7 Å². The van der Waals surface area contributed by atoms with E-state index in [1.807, 2.05) is 25.1 Å². The lowest BCUT2D eigenvalue weighted by molar-refractivity contribution is 0.617. The van der Waals surface area contributed by atoms with E-state index in [9.17, 15) is 4.39 Å². The van der Waals surface area contributed by atoms with Crippen LogP contribution in [0.1, 0.15) is 27.6 Å². The SMILES string of the molecule is Cc1cc(C(Cl)c2cccc(C)c2Cl)ccc1F. The lowest BCUT2D eigenvalue weighted by Gasteiger charge is -2.14. The van der Waals surface area contributed by atoms with E-state index < -0.39 is 0 Å². The molecule has 0 amide bonds. The third-order valence-corrected chi connectivity index (χ3v) is 3.97. The minimum atomic E-state index is -0.364. The number of hydrogen-bond donors (Lipinski definition) is 0. The van der Waals surface area contributed by atoms with Gasteiger partial charge in [0.15, 0.2) is 0 Å². The maximum atomic E-state index is 13.2. The molecule has 1 atom stereocenters. The molecule has 0 nitrogen and oxygen atoms in total. The van der Waals surface area contributed by atoms with Crippen molar-refractivity contribution >= 4 is 23.2 Å². The van der Waals surface area contributed by atoms with E-state index >= 15 is 0 Å². The Hall–Kier alpha value is -1.05. The molecule has 2 aromatic rings. The predicted octanol–water partition coefficient (Wildman–Crippen LogP) is 5.42. The van der Waals surface area contributed by atoms with E-state index in [-0.39, 0.29) is 11.2 Å². The van der Waals surface area contributed by atoms with Crippen molar-refractivity contribution in [2.45, 2.75) is 19.2 Å². The standard InChI is InChI=1S/C15H13Cl2F/c1-9-4-3-5-12(14(9)16)15(17)11-6-7-13(18)10(2)8-11/h3-8,15H,1-2H3. The molecule has 0 radical (unpaired) electrons. The van der Waals surface area contributed by atoms with Crippen molar-refractivity contribution in [3.63, 3.8) is 0 Å². The number of aryl methyl sites for hydroxylation is 2. The molecule has 0 bridgehead atoms. The van der Waals surface area contributed by atoms with E-state index in [0.29, 0.717) is 10.6 Å². The molecular formula is C15H13Cl2F. The maximum absolute atomic E-state index is 13.2. The average Bonchev–Trinajstić information content (AvgIpc) is 2.35. The Labute approximate surface area is 116 Å². The molecule has 0 aromatic heterocycles. The van der Waals surface area contributed by atoms with Crippen LogP contribution in [-0.4, -0.2) is 0 Å². The topological polar surface area (TPSA) is 0 Å². The van der Waals surface area contributed by atoms with Crippen molar-refractivity contribution < 1.29 is 4.39 Å². The molecule has 94 valence electrons. The van der Waals surface area contributed by atoms with E-state index in [1.54, 1.807) is 19.1 Å². The van der Waals surface area contributed by atoms with Gasteiger partial charge in [-0.25, -0.2) is 4.39 Å². The summed E-state index contributed by atoms with van der Waals surface area (Å²) in [7, 11) is 0. The normalized spacial score (nSPS) is 12.5. The Bertz CT molecular complexity index is 579. The summed E-state index contributed by atoms with van der Waals surface area (Å²) >= 11 is 12.7. The van der Waals surface area contributed by atoms with Crippen LogP contribution in [0.25, 0.3) is 0 Å². The van der Waals surface area contributed by atoms with Gasteiger partial charge in [-0.2, -0.15) is 0 Å². The Morgan fingerprint density at radius 2 is 1.78 bits per heavy atom. The molecule has 0 saturated heterocycles. The lowest BCUT2D eigenvalue weighted by Crippen LogP contribution is -1.97. The number of hydrogen-bond acceptors (Lipinski definition) is 0. The summed E-state index contributed by atoms with van der Waals surface area (Å²) in [5.41, 5.74) is 3.27. The molecule has 3 heteroatoms. The number of benzene rings is 2. The summed E-state index contributed by atoms with van der Waals surface area (Å²) in [4.78, 5) is 0. The van der Waals surface area contributed by atoms with Crippen LogP contribution in [0.15, 0.2) is 36.4 Å². The molecule has 18 heavy (non-hydrogen) atoms. The van der Waals surface area contributed by atoms with Gasteiger partial charge in [0.2, 0.25) is 0 Å². The predicted molar refractivity (Wildman–Crippen MR) is 75.0 cm³/mol. The first-order chi connectivity index (χ1) is 8.50. The molecule has 0 aliphatic rings. The first-order valence-corrected chi connectivity index (χ1v) is 6.47. The van der Waals surface area contributed by atoms with Gasteiger partial charge in [0, 0.05) is 5.02 Å². The highest BCUT2D eigenvalue weighted by Crippen LogP contribution is 2.35. The molecule has 0 N–H and O–H groups in total. The van der Waals surface area contributed by atoms with Crippen LogP contribution < -0.4 is 0 Å². The molecule has 0 spiro atoms. The highest BCUT2D eigenvalue weighted by Gasteiger charge is 2.15. The van der Waals surface area contributed by atoms with Crippen molar-refractivity contribution in [2.24, 2.45) is 0 Å². The first kappa shape index (κ1) is 13.4. The first-order valence-electron chi connectivity index (χ1n) is 5.66. The monoisotopic (exact) mass is 282 g/mol. The van der Waals surface area contributed by atoms with Gasteiger partial charge in [-0.15, -0.1) is 11.6 Å². The van der Waals surface area contributed by atoms with E-state index in [2.05, 4.69) is 0 Å². The van der Waals surface area contributed by atoms with Gasteiger partial charge in [0.1, 0.15) is 5.82 Å². The van der Waals surface area contributed by atoms with Crippen molar-refractivity contribution in [3.8, 4) is 0 Å². The van der Waals surface area contributed by atoms with Gasteiger partial charge in [-0.1, -0.05) is 41.9 Å². The molecular weight excluding hydrogens is 270 g/mol. The van der Waals surface area contributed by atoms with E-state index in [1.165, 1.54) is 6.07 Å². The highest BCUT2D eigenvalue weighted by atomic mass is 35.5. The molecule has 0 fully saturated rings. The van der Waals surface area contributed by atoms with Crippen LogP contribution in [0.5, 0.6) is 0 Å². The summed E-state index contributed by atoms with van der Waals surface area (Å²) in [5.74, 6) is -0.224. The summed E-state index contributed by atoms with van der Waals surface area (Å²) in [6.07, 6.45) is 0. The smallest absolute Gasteiger partial charge is 0.126 e. The quantitative estimate of drug-likeness (QED) is 0.645. The molecule has 0 aliphatic heterocycles. The zero-order chi connectivity index (χ0) is 13.3. The van der Waals surface area contributed by atoms with Crippen LogP contribution in [0, 0.1) is 19.7 Å². The number of halogens is 3. The molecule has 0 heterocycles. The molecule has 2 rings (SSSR count). The van der Waals surface area contributed by atoms with Gasteiger partial charge in [0.25, 0.3) is 0 Å². The second kappa shape index (κ2) is 5.29. The largest absolute Gasteiger partial charge is 0.207 e. The van der Waals surface area contributed by atoms with Crippen LogP contribution in [0.3, 0.4) is 0 Å². The third-order valence-electron chi connectivity index (χ3n) is 2.97. The zero-order valence-corrected chi connectivity index (χ0v) is 11.7. The Morgan fingerprint density at radius 3 is 2.44 bits per heavy atom. The third kappa shape index (κ3) is 2.52. The van der Waals surface area contributed by atoms with E-state index in [4.69, 9.17) is 23.2 Å². The zero-order valence-electron chi connectivity index (χ0n) is 10.2. The van der Waals surface area contributed by atoms with Crippen LogP contribution in [0.4, 0.5) is 4.39 Å². The molecule has 1 unspecified atom stereocenters. The van der Waals surface area contributed by atoms with Gasteiger partial charge in [-0.05, 0) is 42.2 Å². The highest BCUT2D eigenvalue weighted by molar-refractivity contribution is 6.33. The number of rotatable bonds is 2. The lowest BCUT2D eigenvalue weighted by atomic mass is 10.0. The Kier molecular flexibility index (Phi) is 3.94. The Morgan fingerprint density at radius 1 is 1.06 bits per heavy atom. The summed E-state index contributed by atoms with van der Waals surface area (Å²) < 4.78 is 13.2. The molecule has 2 aromatic carbocycles. The van der Waals surface area contributed by atoms with Gasteiger partial charge in [0.05, 0.1) is 5.38 Å². The van der Waals surface area contributed by atoms with Crippen LogP contribution in [0.2, 0.25) is 5.02 Å².